The lowest BCUT2D eigenvalue weighted by atomic mass is 10.1. The first-order valence-corrected chi connectivity index (χ1v) is 11.4. The van der Waals surface area contributed by atoms with Gasteiger partial charge in [-0.15, -0.1) is 0 Å². The van der Waals surface area contributed by atoms with Crippen molar-refractivity contribution in [1.82, 2.24) is 9.55 Å². The number of nitrogens with zero attached hydrogens (tertiary/aromatic N) is 3. The van der Waals surface area contributed by atoms with Crippen LogP contribution in [0.25, 0.3) is 11.0 Å². The third-order valence-corrected chi connectivity index (χ3v) is 6.22. The number of amides is 2. The Morgan fingerprint density at radius 3 is 2.29 bits per heavy atom. The molecule has 1 aromatic heterocycles. The van der Waals surface area contributed by atoms with Crippen molar-refractivity contribution in [1.29, 1.82) is 0 Å². The third-order valence-electron chi connectivity index (χ3n) is 6.22. The molecule has 0 aliphatic carbocycles. The molecule has 178 valence electrons. The van der Waals surface area contributed by atoms with Gasteiger partial charge >= 0.3 is 0 Å². The van der Waals surface area contributed by atoms with Gasteiger partial charge in [0.05, 0.1) is 31.7 Å². The molecule has 0 radical (unpaired) electrons. The Hall–Kier alpha value is -4.33. The van der Waals surface area contributed by atoms with E-state index in [0.29, 0.717) is 30.4 Å². The summed E-state index contributed by atoms with van der Waals surface area (Å²) in [7, 11) is 3.22. The molecule has 3 aromatic carbocycles. The van der Waals surface area contributed by atoms with E-state index in [2.05, 4.69) is 5.32 Å². The van der Waals surface area contributed by atoms with E-state index in [1.54, 1.807) is 43.4 Å². The van der Waals surface area contributed by atoms with Gasteiger partial charge in [0.1, 0.15) is 17.5 Å². The summed E-state index contributed by atoms with van der Waals surface area (Å²) in [4.78, 5) is 32.9. The van der Waals surface area contributed by atoms with E-state index < -0.39 is 6.04 Å². The van der Waals surface area contributed by atoms with Crippen LogP contribution in [-0.2, 0) is 16.0 Å². The van der Waals surface area contributed by atoms with Crippen molar-refractivity contribution in [2.75, 3.05) is 31.0 Å². The molecule has 5 rings (SSSR count). The first-order valence-electron chi connectivity index (χ1n) is 11.4. The fraction of sp³-hybridized carbons (Fsp3) is 0.222. The van der Waals surface area contributed by atoms with Gasteiger partial charge in [-0.25, -0.2) is 4.98 Å². The van der Waals surface area contributed by atoms with Gasteiger partial charge in [0.25, 0.3) is 5.91 Å². The van der Waals surface area contributed by atoms with Crippen molar-refractivity contribution >= 4 is 34.5 Å². The van der Waals surface area contributed by atoms with Crippen LogP contribution in [0.15, 0.2) is 72.8 Å². The Bertz CT molecular complexity index is 1360. The van der Waals surface area contributed by atoms with Crippen LogP contribution in [0.3, 0.4) is 0 Å². The summed E-state index contributed by atoms with van der Waals surface area (Å²) >= 11 is 0. The first kappa shape index (κ1) is 22.5. The molecule has 0 spiro atoms. The van der Waals surface area contributed by atoms with Crippen LogP contribution < -0.4 is 19.7 Å². The van der Waals surface area contributed by atoms with Crippen molar-refractivity contribution in [3.63, 3.8) is 0 Å². The number of hydrogen-bond donors (Lipinski definition) is 1. The fourth-order valence-corrected chi connectivity index (χ4v) is 4.40. The second-order valence-electron chi connectivity index (χ2n) is 8.36. The molecule has 1 N–H and O–H groups in total. The van der Waals surface area contributed by atoms with E-state index in [4.69, 9.17) is 14.5 Å². The molecule has 1 aliphatic heterocycles. The van der Waals surface area contributed by atoms with E-state index in [1.807, 2.05) is 53.1 Å². The SMILES string of the molecule is COc1ccc(CCN2C(=O)C(CC(=O)Nc3ccc(OC)cc3)n3c2nc2ccccc23)cc1. The van der Waals surface area contributed by atoms with E-state index in [-0.39, 0.29) is 18.2 Å². The monoisotopic (exact) mass is 470 g/mol. The van der Waals surface area contributed by atoms with Gasteiger partial charge in [0.15, 0.2) is 0 Å². The number of benzene rings is 3. The molecule has 2 amide bonds. The predicted octanol–water partition coefficient (Wildman–Crippen LogP) is 4.21. The second kappa shape index (κ2) is 9.50. The largest absolute Gasteiger partial charge is 0.497 e. The topological polar surface area (TPSA) is 85.7 Å². The van der Waals surface area contributed by atoms with Gasteiger partial charge in [-0.1, -0.05) is 24.3 Å². The fourth-order valence-electron chi connectivity index (χ4n) is 4.40. The van der Waals surface area contributed by atoms with Gasteiger partial charge in [0, 0.05) is 12.2 Å². The van der Waals surface area contributed by atoms with Gasteiger partial charge in [-0.3, -0.25) is 19.1 Å². The Morgan fingerprint density at radius 1 is 0.943 bits per heavy atom. The van der Waals surface area contributed by atoms with Crippen LogP contribution in [0.2, 0.25) is 0 Å². The van der Waals surface area contributed by atoms with Crippen LogP contribution in [0.1, 0.15) is 18.0 Å². The lowest BCUT2D eigenvalue weighted by Crippen LogP contribution is -2.33. The van der Waals surface area contributed by atoms with Crippen molar-refractivity contribution in [2.24, 2.45) is 0 Å². The minimum atomic E-state index is -0.661. The van der Waals surface area contributed by atoms with Crippen molar-refractivity contribution in [2.45, 2.75) is 18.9 Å². The van der Waals surface area contributed by atoms with Crippen molar-refractivity contribution < 1.29 is 19.1 Å². The molecule has 8 heteroatoms. The summed E-state index contributed by atoms with van der Waals surface area (Å²) in [6.07, 6.45) is 0.668. The van der Waals surface area contributed by atoms with Gasteiger partial charge < -0.3 is 14.8 Å². The average molecular weight is 471 g/mol. The van der Waals surface area contributed by atoms with Crippen LogP contribution >= 0.6 is 0 Å². The first-order chi connectivity index (χ1) is 17.1. The lowest BCUT2D eigenvalue weighted by Gasteiger charge is -2.16. The maximum atomic E-state index is 13.5. The number of imidazole rings is 1. The average Bonchev–Trinajstić information content (AvgIpc) is 3.38. The molecule has 0 saturated carbocycles. The van der Waals surface area contributed by atoms with Crippen molar-refractivity contribution in [3.05, 3.63) is 78.4 Å². The number of para-hydroxylation sites is 2. The van der Waals surface area contributed by atoms with Crippen LogP contribution in [0, 0.1) is 0 Å². The highest BCUT2D eigenvalue weighted by Crippen LogP contribution is 2.36. The molecule has 1 unspecified atom stereocenters. The van der Waals surface area contributed by atoms with E-state index >= 15 is 0 Å². The summed E-state index contributed by atoms with van der Waals surface area (Å²) in [6, 6.07) is 21.9. The molecule has 0 fully saturated rings. The Kier molecular flexibility index (Phi) is 6.10. The number of fused-ring (bicyclic) bond motifs is 3. The zero-order chi connectivity index (χ0) is 24.4. The van der Waals surface area contributed by atoms with Crippen molar-refractivity contribution in [3.8, 4) is 11.5 Å². The smallest absolute Gasteiger partial charge is 0.253 e. The maximum Gasteiger partial charge on any atom is 0.253 e. The molecule has 1 aliphatic rings. The number of carbonyl (C=O) groups is 2. The molecule has 35 heavy (non-hydrogen) atoms. The molecule has 0 bridgehead atoms. The highest BCUT2D eigenvalue weighted by Gasteiger charge is 2.40. The minimum absolute atomic E-state index is 0.0112. The normalized spacial score (nSPS) is 14.7. The summed E-state index contributed by atoms with van der Waals surface area (Å²) in [5.74, 6) is 1.70. The van der Waals surface area contributed by atoms with Gasteiger partial charge in [0.2, 0.25) is 11.9 Å². The molecule has 0 saturated heterocycles. The number of aromatic nitrogens is 2. The predicted molar refractivity (Wildman–Crippen MR) is 134 cm³/mol. The number of anilines is 2. The molecular weight excluding hydrogens is 444 g/mol. The number of nitrogens with one attached hydrogen (secondary N) is 1. The maximum absolute atomic E-state index is 13.5. The Labute approximate surface area is 203 Å². The number of hydrogen-bond acceptors (Lipinski definition) is 5. The number of methoxy groups -OCH3 is 2. The van der Waals surface area contributed by atoms with Crippen LogP contribution in [-0.4, -0.2) is 42.1 Å². The summed E-state index contributed by atoms with van der Waals surface area (Å²) < 4.78 is 12.3. The zero-order valence-electron chi connectivity index (χ0n) is 19.6. The number of carbonyl (C=O) groups excluding carboxylic acids is 2. The van der Waals surface area contributed by atoms with E-state index in [0.717, 1.165) is 22.3 Å². The van der Waals surface area contributed by atoms with Crippen LogP contribution in [0.5, 0.6) is 11.5 Å². The quantitative estimate of drug-likeness (QED) is 0.417. The molecule has 8 nitrogen and oxygen atoms in total. The standard InChI is InChI=1S/C27H26N4O4/c1-34-20-11-7-18(8-12-20)15-16-30-26(33)24(31-23-6-4-3-5-22(23)29-27(30)31)17-25(32)28-19-9-13-21(35-2)14-10-19/h3-14,24H,15-17H2,1-2H3,(H,28,32). The molecule has 2 heterocycles. The third kappa shape index (κ3) is 4.42. The number of rotatable bonds is 8. The van der Waals surface area contributed by atoms with E-state index in [9.17, 15) is 9.59 Å². The summed E-state index contributed by atoms with van der Waals surface area (Å²) in [5.41, 5.74) is 3.37. The summed E-state index contributed by atoms with van der Waals surface area (Å²) in [5, 5.41) is 2.88. The number of ether oxygens (including phenoxy) is 2. The molecular formula is C27H26N4O4. The van der Waals surface area contributed by atoms with Gasteiger partial charge in [-0.05, 0) is 60.5 Å². The molecule has 4 aromatic rings. The summed E-state index contributed by atoms with van der Waals surface area (Å²) in [6.45, 7) is 0.463. The highest BCUT2D eigenvalue weighted by atomic mass is 16.5. The van der Waals surface area contributed by atoms with E-state index in [1.165, 1.54) is 0 Å². The Morgan fingerprint density at radius 2 is 1.60 bits per heavy atom. The zero-order valence-corrected chi connectivity index (χ0v) is 19.6. The lowest BCUT2D eigenvalue weighted by molar-refractivity contribution is -0.124. The second-order valence-corrected chi connectivity index (χ2v) is 8.36. The van der Waals surface area contributed by atoms with Crippen LogP contribution in [0.4, 0.5) is 11.6 Å². The highest BCUT2D eigenvalue weighted by molar-refractivity contribution is 6.05. The van der Waals surface area contributed by atoms with Gasteiger partial charge in [-0.2, -0.15) is 0 Å². The minimum Gasteiger partial charge on any atom is -0.497 e. The molecule has 1 atom stereocenters. The Balaban J connectivity index is 1.37.